The number of ether oxygens (including phenoxy) is 1. The number of allylic oxidation sites excluding steroid dienone is 1. The number of rotatable bonds is 4. The summed E-state index contributed by atoms with van der Waals surface area (Å²) in [5.74, 6) is 3.82. The summed E-state index contributed by atoms with van der Waals surface area (Å²) < 4.78 is 5.88. The molecule has 0 spiro atoms. The van der Waals surface area contributed by atoms with Crippen molar-refractivity contribution in [1.29, 1.82) is 0 Å². The van der Waals surface area contributed by atoms with Gasteiger partial charge in [0.25, 0.3) is 0 Å². The molecule has 1 atom stereocenters. The zero-order valence-electron chi connectivity index (χ0n) is 8.41. The van der Waals surface area contributed by atoms with Gasteiger partial charge in [0.15, 0.2) is 0 Å². The van der Waals surface area contributed by atoms with Gasteiger partial charge in [-0.1, -0.05) is 13.0 Å². The van der Waals surface area contributed by atoms with Gasteiger partial charge in [0, 0.05) is 17.3 Å². The molecule has 0 aromatic rings. The molecule has 76 valence electrons. The Morgan fingerprint density at radius 3 is 2.85 bits per heavy atom. The molecular weight excluding hydrogens is 200 g/mol. The molecule has 0 aromatic carbocycles. The van der Waals surface area contributed by atoms with Crippen LogP contribution in [0.25, 0.3) is 0 Å². The number of hydrogen-bond acceptors (Lipinski definition) is 3. The molecule has 3 heteroatoms. The van der Waals surface area contributed by atoms with Gasteiger partial charge in [-0.15, -0.1) is 11.8 Å². The average molecular weight is 218 g/mol. The monoisotopic (exact) mass is 218 g/mol. The van der Waals surface area contributed by atoms with Gasteiger partial charge >= 0.3 is 0 Å². The Balaban J connectivity index is 2.38. The summed E-state index contributed by atoms with van der Waals surface area (Å²) in [5.41, 5.74) is 0. The molecule has 0 radical (unpaired) electrons. The molecule has 0 saturated carbocycles. The minimum absolute atomic E-state index is 0.377. The second-order valence-corrected chi connectivity index (χ2v) is 5.89. The number of hydrogen-bond donors (Lipinski definition) is 0. The first-order valence-corrected chi connectivity index (χ1v) is 6.91. The highest BCUT2D eigenvalue weighted by molar-refractivity contribution is 8.07. The Hall–Kier alpha value is 0.240. The van der Waals surface area contributed by atoms with Crippen LogP contribution in [0.15, 0.2) is 12.3 Å². The molecule has 1 unspecified atom stereocenters. The van der Waals surface area contributed by atoms with Crippen molar-refractivity contribution in [2.75, 3.05) is 23.9 Å². The maximum atomic E-state index is 5.50. The van der Waals surface area contributed by atoms with Crippen molar-refractivity contribution in [2.24, 2.45) is 0 Å². The van der Waals surface area contributed by atoms with Gasteiger partial charge in [-0.3, -0.25) is 0 Å². The molecule has 1 rings (SSSR count). The summed E-state index contributed by atoms with van der Waals surface area (Å²) in [5, 5.41) is 0. The van der Waals surface area contributed by atoms with E-state index < -0.39 is 0 Å². The summed E-state index contributed by atoms with van der Waals surface area (Å²) in [7, 11) is 0. The summed E-state index contributed by atoms with van der Waals surface area (Å²) >= 11 is 4.14. The summed E-state index contributed by atoms with van der Waals surface area (Å²) in [6, 6.07) is 0. The summed E-state index contributed by atoms with van der Waals surface area (Å²) in [6.07, 6.45) is 4.96. The van der Waals surface area contributed by atoms with E-state index in [0.717, 1.165) is 6.61 Å². The fraction of sp³-hybridized carbons (Fsp3) is 0.800. The minimum atomic E-state index is 0.377. The third kappa shape index (κ3) is 3.47. The van der Waals surface area contributed by atoms with E-state index in [0.29, 0.717) is 4.75 Å². The van der Waals surface area contributed by atoms with Gasteiger partial charge < -0.3 is 4.74 Å². The van der Waals surface area contributed by atoms with E-state index in [1.807, 2.05) is 13.0 Å². The van der Waals surface area contributed by atoms with Crippen LogP contribution < -0.4 is 0 Å². The van der Waals surface area contributed by atoms with Crippen molar-refractivity contribution in [1.82, 2.24) is 0 Å². The van der Waals surface area contributed by atoms with E-state index in [1.54, 1.807) is 6.26 Å². The molecule has 1 nitrogen and oxygen atoms in total. The van der Waals surface area contributed by atoms with Crippen LogP contribution in [0.2, 0.25) is 0 Å². The van der Waals surface area contributed by atoms with Crippen molar-refractivity contribution in [3.8, 4) is 0 Å². The highest BCUT2D eigenvalue weighted by Gasteiger charge is 2.31. The third-order valence-electron chi connectivity index (χ3n) is 2.22. The van der Waals surface area contributed by atoms with Gasteiger partial charge in [0.1, 0.15) is 6.61 Å². The molecule has 1 aliphatic rings. The van der Waals surface area contributed by atoms with Crippen LogP contribution in [0.5, 0.6) is 0 Å². The zero-order valence-corrected chi connectivity index (χ0v) is 10.0. The van der Waals surface area contributed by atoms with E-state index in [2.05, 4.69) is 30.4 Å². The van der Waals surface area contributed by atoms with Crippen molar-refractivity contribution < 1.29 is 4.74 Å². The Kier molecular flexibility index (Phi) is 5.10. The van der Waals surface area contributed by atoms with E-state index in [4.69, 9.17) is 4.74 Å². The van der Waals surface area contributed by atoms with Gasteiger partial charge in [-0.2, -0.15) is 11.8 Å². The molecule has 1 aliphatic heterocycles. The molecule has 0 amide bonds. The minimum Gasteiger partial charge on any atom is -0.500 e. The maximum absolute atomic E-state index is 5.50. The Morgan fingerprint density at radius 2 is 2.31 bits per heavy atom. The topological polar surface area (TPSA) is 9.23 Å². The fourth-order valence-corrected chi connectivity index (χ4v) is 4.28. The van der Waals surface area contributed by atoms with Crippen molar-refractivity contribution in [3.05, 3.63) is 12.3 Å². The van der Waals surface area contributed by atoms with E-state index in [-0.39, 0.29) is 0 Å². The van der Waals surface area contributed by atoms with Crippen molar-refractivity contribution in [3.63, 3.8) is 0 Å². The highest BCUT2D eigenvalue weighted by Crippen LogP contribution is 2.37. The molecule has 13 heavy (non-hydrogen) atoms. The second kappa shape index (κ2) is 5.86. The van der Waals surface area contributed by atoms with E-state index in [9.17, 15) is 0 Å². The second-order valence-electron chi connectivity index (χ2n) is 3.22. The normalized spacial score (nSPS) is 29.4. The lowest BCUT2D eigenvalue weighted by Crippen LogP contribution is -2.35. The summed E-state index contributed by atoms with van der Waals surface area (Å²) in [4.78, 5) is 0. The molecule has 0 aliphatic carbocycles. The molecule has 1 fully saturated rings. The lowest BCUT2D eigenvalue weighted by atomic mass is 10.1. The molecule has 0 aromatic heterocycles. The molecule has 0 N–H and O–H groups in total. The van der Waals surface area contributed by atoms with Gasteiger partial charge in [0.05, 0.1) is 11.0 Å². The van der Waals surface area contributed by atoms with Gasteiger partial charge in [0.2, 0.25) is 0 Å². The van der Waals surface area contributed by atoms with Gasteiger partial charge in [-0.05, 0) is 13.3 Å². The quantitative estimate of drug-likeness (QED) is 0.671. The average Bonchev–Trinajstić information content (AvgIpc) is 2.20. The number of thioether (sulfide) groups is 2. The summed E-state index contributed by atoms with van der Waals surface area (Å²) in [6.45, 7) is 5.12. The van der Waals surface area contributed by atoms with E-state index in [1.165, 1.54) is 23.7 Å². The van der Waals surface area contributed by atoms with Crippen LogP contribution in [0, 0.1) is 0 Å². The highest BCUT2D eigenvalue weighted by atomic mass is 32.2. The predicted molar refractivity (Wildman–Crippen MR) is 63.6 cm³/mol. The van der Waals surface area contributed by atoms with Crippen LogP contribution in [-0.2, 0) is 4.74 Å². The SMILES string of the molecule is C/C=C/OCC1(CC)CSCCS1. The molecule has 1 heterocycles. The maximum Gasteiger partial charge on any atom is 0.103 e. The van der Waals surface area contributed by atoms with E-state index >= 15 is 0 Å². The van der Waals surface area contributed by atoms with Crippen LogP contribution in [0.3, 0.4) is 0 Å². The Labute approximate surface area is 89.7 Å². The fourth-order valence-electron chi connectivity index (χ4n) is 1.30. The lowest BCUT2D eigenvalue weighted by Gasteiger charge is -2.34. The first-order chi connectivity index (χ1) is 6.33. The van der Waals surface area contributed by atoms with Crippen LogP contribution >= 0.6 is 23.5 Å². The first-order valence-electron chi connectivity index (χ1n) is 4.77. The standard InChI is InChI=1S/C10H18OS2/c1-3-5-11-8-10(4-2)9-12-6-7-13-10/h3,5H,4,6-9H2,1-2H3/b5-3+. The Morgan fingerprint density at radius 1 is 1.46 bits per heavy atom. The van der Waals surface area contributed by atoms with Crippen molar-refractivity contribution in [2.45, 2.75) is 25.0 Å². The lowest BCUT2D eigenvalue weighted by molar-refractivity contribution is 0.217. The predicted octanol–water partition coefficient (Wildman–Crippen LogP) is 3.17. The smallest absolute Gasteiger partial charge is 0.103 e. The van der Waals surface area contributed by atoms with Crippen LogP contribution in [0.1, 0.15) is 20.3 Å². The first kappa shape index (κ1) is 11.3. The molecular formula is C10H18OS2. The van der Waals surface area contributed by atoms with Crippen molar-refractivity contribution >= 4 is 23.5 Å². The molecule has 1 saturated heterocycles. The van der Waals surface area contributed by atoms with Gasteiger partial charge in [-0.25, -0.2) is 0 Å². The Bertz CT molecular complexity index is 162. The zero-order chi connectivity index (χ0) is 9.57. The van der Waals surface area contributed by atoms with Crippen LogP contribution in [0.4, 0.5) is 0 Å². The largest absolute Gasteiger partial charge is 0.500 e. The van der Waals surface area contributed by atoms with Crippen LogP contribution in [-0.4, -0.2) is 28.6 Å². The molecule has 0 bridgehead atoms. The third-order valence-corrected chi connectivity index (χ3v) is 5.49.